The highest BCUT2D eigenvalue weighted by Gasteiger charge is 2.41. The summed E-state index contributed by atoms with van der Waals surface area (Å²) in [6.45, 7) is 2.11. The van der Waals surface area contributed by atoms with Gasteiger partial charge in [-0.1, -0.05) is 80.1 Å². The van der Waals surface area contributed by atoms with Crippen LogP contribution in [0.25, 0.3) is 0 Å². The third-order valence-corrected chi connectivity index (χ3v) is 9.85. The van der Waals surface area contributed by atoms with Crippen LogP contribution in [-0.2, 0) is 22.4 Å². The van der Waals surface area contributed by atoms with E-state index in [1.165, 1.54) is 19.3 Å². The first kappa shape index (κ1) is 30.8. The van der Waals surface area contributed by atoms with Crippen LogP contribution in [0.3, 0.4) is 0 Å². The Kier molecular flexibility index (Phi) is 9.50. The average molecular weight is 610 g/mol. The Balaban J connectivity index is 1.14. The molecule has 236 valence electrons. The molecule has 2 bridgehead atoms. The number of benzene rings is 3. The Morgan fingerprint density at radius 1 is 0.956 bits per heavy atom. The van der Waals surface area contributed by atoms with E-state index in [0.29, 0.717) is 30.0 Å². The quantitative estimate of drug-likeness (QED) is 0.259. The van der Waals surface area contributed by atoms with Crippen molar-refractivity contribution in [2.24, 2.45) is 17.8 Å². The van der Waals surface area contributed by atoms with Crippen molar-refractivity contribution in [1.82, 2.24) is 10.6 Å². The number of cyclic esters (lactones) is 1. The fourth-order valence-electron chi connectivity index (χ4n) is 7.39. The molecule has 0 spiro atoms. The van der Waals surface area contributed by atoms with Gasteiger partial charge in [-0.15, -0.1) is 0 Å². The lowest BCUT2D eigenvalue weighted by Crippen LogP contribution is -2.47. The number of ether oxygens (including phenoxy) is 1. The van der Waals surface area contributed by atoms with Gasteiger partial charge in [-0.25, -0.2) is 4.79 Å². The van der Waals surface area contributed by atoms with Crippen LogP contribution < -0.4 is 15.5 Å². The lowest BCUT2D eigenvalue weighted by molar-refractivity contribution is -0.126. The van der Waals surface area contributed by atoms with E-state index in [0.717, 1.165) is 23.5 Å². The van der Waals surface area contributed by atoms with Gasteiger partial charge in [0, 0.05) is 23.2 Å². The fourth-order valence-corrected chi connectivity index (χ4v) is 7.39. The van der Waals surface area contributed by atoms with E-state index in [-0.39, 0.29) is 36.9 Å². The second-order valence-corrected chi connectivity index (χ2v) is 13.1. The predicted octanol–water partition coefficient (Wildman–Crippen LogP) is 5.29. The average Bonchev–Trinajstić information content (AvgIpc) is 3.78. The molecule has 7 atom stereocenters. The normalized spacial score (nSPS) is 24.1. The highest BCUT2D eigenvalue weighted by Crippen LogP contribution is 2.44. The van der Waals surface area contributed by atoms with Gasteiger partial charge >= 0.3 is 6.09 Å². The molecule has 3 N–H and O–H groups in total. The monoisotopic (exact) mass is 609 g/mol. The van der Waals surface area contributed by atoms with Crippen molar-refractivity contribution in [3.63, 3.8) is 0 Å². The first-order chi connectivity index (χ1) is 21.8. The van der Waals surface area contributed by atoms with E-state index in [1.807, 2.05) is 67.6 Å². The standard InChI is InChI=1S/C37H43N3O5/c1-24(35(42)38-32-21-27-15-16-28(32)18-27)17-34(41)33(20-26-11-6-3-7-12-26)39-36(43)29-13-8-14-30(22-29)40-31(23-45-37(40)44)19-25-9-4-2-5-10-25/h2-14,22,24,27-28,31-34,41H,15-21,23H2,1H3,(H,38,42)(H,39,43)/t24?,27?,28?,31-,32?,33+,34+/m1/s1. The molecule has 6 rings (SSSR count). The van der Waals surface area contributed by atoms with Crippen molar-refractivity contribution in [2.75, 3.05) is 11.5 Å². The van der Waals surface area contributed by atoms with E-state index in [1.54, 1.807) is 29.2 Å². The fraction of sp³-hybridized carbons (Fsp3) is 0.432. The highest BCUT2D eigenvalue weighted by atomic mass is 16.6. The number of amides is 3. The molecular weight excluding hydrogens is 566 g/mol. The summed E-state index contributed by atoms with van der Waals surface area (Å²) in [5.74, 6) is 0.513. The summed E-state index contributed by atoms with van der Waals surface area (Å²) in [6, 6.07) is 26.0. The maximum absolute atomic E-state index is 13.7. The minimum atomic E-state index is -0.943. The smallest absolute Gasteiger partial charge is 0.414 e. The number of hydrogen-bond acceptors (Lipinski definition) is 5. The van der Waals surface area contributed by atoms with Crippen LogP contribution in [0.1, 0.15) is 60.5 Å². The Morgan fingerprint density at radius 3 is 2.38 bits per heavy atom. The molecule has 0 aromatic heterocycles. The van der Waals surface area contributed by atoms with E-state index < -0.39 is 24.2 Å². The molecule has 1 heterocycles. The maximum Gasteiger partial charge on any atom is 0.414 e. The van der Waals surface area contributed by atoms with Gasteiger partial charge in [0.1, 0.15) is 6.61 Å². The van der Waals surface area contributed by atoms with Crippen LogP contribution in [-0.4, -0.2) is 53.9 Å². The lowest BCUT2D eigenvalue weighted by Gasteiger charge is -2.28. The number of aliphatic hydroxyl groups is 1. The first-order valence-electron chi connectivity index (χ1n) is 16.3. The van der Waals surface area contributed by atoms with E-state index in [2.05, 4.69) is 10.6 Å². The molecular formula is C37H43N3O5. The molecule has 1 saturated heterocycles. The second-order valence-electron chi connectivity index (χ2n) is 13.1. The molecule has 8 heteroatoms. The third-order valence-electron chi connectivity index (χ3n) is 9.85. The van der Waals surface area contributed by atoms with Crippen molar-refractivity contribution >= 4 is 23.6 Å². The van der Waals surface area contributed by atoms with Gasteiger partial charge in [-0.3, -0.25) is 14.5 Å². The van der Waals surface area contributed by atoms with Crippen LogP contribution in [0, 0.1) is 17.8 Å². The van der Waals surface area contributed by atoms with Gasteiger partial charge in [-0.05, 0) is 79.7 Å². The molecule has 3 aliphatic rings. The van der Waals surface area contributed by atoms with Crippen LogP contribution in [0.2, 0.25) is 0 Å². The first-order valence-corrected chi connectivity index (χ1v) is 16.3. The molecule has 3 aromatic rings. The second kappa shape index (κ2) is 13.9. The molecule has 4 unspecified atom stereocenters. The van der Waals surface area contributed by atoms with Crippen LogP contribution in [0.4, 0.5) is 10.5 Å². The van der Waals surface area contributed by atoms with Gasteiger partial charge in [0.05, 0.1) is 18.2 Å². The third kappa shape index (κ3) is 7.39. The largest absolute Gasteiger partial charge is 0.447 e. The van der Waals surface area contributed by atoms with Gasteiger partial charge in [0.25, 0.3) is 5.91 Å². The number of aliphatic hydroxyl groups excluding tert-OH is 1. The van der Waals surface area contributed by atoms with Crippen molar-refractivity contribution in [1.29, 1.82) is 0 Å². The number of carbonyl (C=O) groups excluding carboxylic acids is 3. The number of nitrogens with one attached hydrogen (secondary N) is 2. The molecule has 1 aliphatic heterocycles. The Bertz CT molecular complexity index is 1480. The summed E-state index contributed by atoms with van der Waals surface area (Å²) in [4.78, 5) is 41.1. The van der Waals surface area contributed by atoms with Crippen molar-refractivity contribution in [3.05, 3.63) is 102 Å². The Hall–Kier alpha value is -4.17. The molecule has 3 fully saturated rings. The topological polar surface area (TPSA) is 108 Å². The van der Waals surface area contributed by atoms with E-state index in [9.17, 15) is 19.5 Å². The summed E-state index contributed by atoms with van der Waals surface area (Å²) >= 11 is 0. The molecule has 2 saturated carbocycles. The molecule has 8 nitrogen and oxygen atoms in total. The molecule has 3 aromatic carbocycles. The van der Waals surface area contributed by atoms with Crippen molar-refractivity contribution in [3.8, 4) is 0 Å². The summed E-state index contributed by atoms with van der Waals surface area (Å²) in [5.41, 5.74) is 3.02. The van der Waals surface area contributed by atoms with Gasteiger partial charge in [0.2, 0.25) is 5.91 Å². The summed E-state index contributed by atoms with van der Waals surface area (Å²) < 4.78 is 5.40. The zero-order chi connectivity index (χ0) is 31.3. The maximum atomic E-state index is 13.7. The Labute approximate surface area is 265 Å². The SMILES string of the molecule is CC(C[C@H](O)[C@H](Cc1ccccc1)NC(=O)c1cccc(N2C(=O)OC[C@H]2Cc2ccccc2)c1)C(=O)NC1CC2CCC1C2. The highest BCUT2D eigenvalue weighted by molar-refractivity contribution is 5.97. The van der Waals surface area contributed by atoms with Crippen LogP contribution in [0.15, 0.2) is 84.9 Å². The number of hydrogen-bond donors (Lipinski definition) is 3. The van der Waals surface area contributed by atoms with Crippen molar-refractivity contribution in [2.45, 2.75) is 76.1 Å². The van der Waals surface area contributed by atoms with Crippen LogP contribution >= 0.6 is 0 Å². The van der Waals surface area contributed by atoms with Crippen molar-refractivity contribution < 1.29 is 24.2 Å². The number of fused-ring (bicyclic) bond motifs is 2. The van der Waals surface area contributed by atoms with E-state index >= 15 is 0 Å². The number of nitrogens with zero attached hydrogens (tertiary/aromatic N) is 1. The molecule has 2 aliphatic carbocycles. The van der Waals surface area contributed by atoms with Gasteiger partial charge in [-0.2, -0.15) is 0 Å². The summed E-state index contributed by atoms with van der Waals surface area (Å²) in [5, 5.41) is 17.7. The minimum absolute atomic E-state index is 0.0355. The zero-order valence-corrected chi connectivity index (χ0v) is 25.8. The van der Waals surface area contributed by atoms with Crippen LogP contribution in [0.5, 0.6) is 0 Å². The summed E-state index contributed by atoms with van der Waals surface area (Å²) in [6.07, 6.45) is 4.60. The van der Waals surface area contributed by atoms with Gasteiger partial charge in [0.15, 0.2) is 0 Å². The molecule has 45 heavy (non-hydrogen) atoms. The zero-order valence-electron chi connectivity index (χ0n) is 25.8. The predicted molar refractivity (Wildman–Crippen MR) is 173 cm³/mol. The Morgan fingerprint density at radius 2 is 1.69 bits per heavy atom. The molecule has 3 amide bonds. The number of anilines is 1. The number of rotatable bonds is 12. The minimum Gasteiger partial charge on any atom is -0.447 e. The summed E-state index contributed by atoms with van der Waals surface area (Å²) in [7, 11) is 0. The molecule has 0 radical (unpaired) electrons. The van der Waals surface area contributed by atoms with E-state index in [4.69, 9.17) is 4.74 Å². The number of carbonyl (C=O) groups is 3. The van der Waals surface area contributed by atoms with Gasteiger partial charge < -0.3 is 20.5 Å². The lowest BCUT2D eigenvalue weighted by atomic mass is 9.92.